The van der Waals surface area contributed by atoms with E-state index in [1.54, 1.807) is 0 Å². The highest BCUT2D eigenvalue weighted by Crippen LogP contribution is 2.30. The fourth-order valence-corrected chi connectivity index (χ4v) is 3.00. The van der Waals surface area contributed by atoms with Crippen LogP contribution in [0.3, 0.4) is 0 Å². The summed E-state index contributed by atoms with van der Waals surface area (Å²) in [6, 6.07) is 18.6. The normalized spacial score (nSPS) is 14.1. The van der Waals surface area contributed by atoms with E-state index in [0.717, 1.165) is 23.7 Å². The highest BCUT2D eigenvalue weighted by molar-refractivity contribution is 6.31. The van der Waals surface area contributed by atoms with Gasteiger partial charge in [-0.1, -0.05) is 67.1 Å². The van der Waals surface area contributed by atoms with Crippen LogP contribution in [-0.2, 0) is 6.54 Å². The summed E-state index contributed by atoms with van der Waals surface area (Å²) in [7, 11) is 0. The van der Waals surface area contributed by atoms with Gasteiger partial charge in [-0.05, 0) is 30.7 Å². The Morgan fingerprint density at radius 1 is 1.05 bits per heavy atom. The highest BCUT2D eigenvalue weighted by Gasteiger charge is 2.24. The van der Waals surface area contributed by atoms with Crippen molar-refractivity contribution < 1.29 is 0 Å². The number of hydrogen-bond donors (Lipinski definition) is 1. The SMILES string of the molecule is CCN(Cc1ccccc1)C(c1ccccc1Cl)C(C)N. The van der Waals surface area contributed by atoms with Crippen LogP contribution in [0.15, 0.2) is 54.6 Å². The van der Waals surface area contributed by atoms with Gasteiger partial charge in [-0.25, -0.2) is 0 Å². The fraction of sp³-hybridized carbons (Fsp3) is 0.333. The van der Waals surface area contributed by atoms with Crippen LogP contribution in [0.25, 0.3) is 0 Å². The molecular formula is C18H23ClN2. The van der Waals surface area contributed by atoms with Gasteiger partial charge in [0.15, 0.2) is 0 Å². The monoisotopic (exact) mass is 302 g/mol. The van der Waals surface area contributed by atoms with Crippen LogP contribution < -0.4 is 5.73 Å². The zero-order chi connectivity index (χ0) is 15.2. The van der Waals surface area contributed by atoms with Gasteiger partial charge in [0.2, 0.25) is 0 Å². The van der Waals surface area contributed by atoms with Crippen molar-refractivity contribution >= 4 is 11.6 Å². The largest absolute Gasteiger partial charge is 0.326 e. The minimum Gasteiger partial charge on any atom is -0.326 e. The number of halogens is 1. The molecular weight excluding hydrogens is 280 g/mol. The molecule has 0 bridgehead atoms. The van der Waals surface area contributed by atoms with Crippen LogP contribution in [0.5, 0.6) is 0 Å². The second-order valence-electron chi connectivity index (χ2n) is 5.37. The van der Waals surface area contributed by atoms with E-state index in [1.807, 2.05) is 31.2 Å². The summed E-state index contributed by atoms with van der Waals surface area (Å²) in [5, 5.41) is 0.784. The van der Waals surface area contributed by atoms with Crippen molar-refractivity contribution in [2.75, 3.05) is 6.54 Å². The molecule has 2 rings (SSSR count). The van der Waals surface area contributed by atoms with Crippen LogP contribution >= 0.6 is 11.6 Å². The lowest BCUT2D eigenvalue weighted by Gasteiger charge is -2.34. The van der Waals surface area contributed by atoms with Gasteiger partial charge in [-0.15, -0.1) is 0 Å². The van der Waals surface area contributed by atoms with Crippen LogP contribution in [-0.4, -0.2) is 17.5 Å². The third-order valence-electron chi connectivity index (χ3n) is 3.75. The van der Waals surface area contributed by atoms with Crippen LogP contribution in [0.4, 0.5) is 0 Å². The molecule has 0 amide bonds. The molecule has 2 unspecified atom stereocenters. The molecule has 2 N–H and O–H groups in total. The Labute approximate surface area is 132 Å². The van der Waals surface area contributed by atoms with Crippen molar-refractivity contribution in [3.63, 3.8) is 0 Å². The Morgan fingerprint density at radius 3 is 2.24 bits per heavy atom. The van der Waals surface area contributed by atoms with Crippen molar-refractivity contribution in [3.8, 4) is 0 Å². The van der Waals surface area contributed by atoms with E-state index in [2.05, 4.69) is 42.2 Å². The molecule has 21 heavy (non-hydrogen) atoms. The lowest BCUT2D eigenvalue weighted by molar-refractivity contribution is 0.177. The van der Waals surface area contributed by atoms with Crippen molar-refractivity contribution in [2.24, 2.45) is 5.73 Å². The molecule has 3 heteroatoms. The van der Waals surface area contributed by atoms with Crippen molar-refractivity contribution in [3.05, 3.63) is 70.7 Å². The maximum atomic E-state index is 6.38. The lowest BCUT2D eigenvalue weighted by atomic mass is 9.98. The van der Waals surface area contributed by atoms with Crippen molar-refractivity contribution in [1.82, 2.24) is 4.90 Å². The molecule has 2 atom stereocenters. The Balaban J connectivity index is 2.29. The predicted octanol–water partition coefficient (Wildman–Crippen LogP) is 4.25. The van der Waals surface area contributed by atoms with Gasteiger partial charge in [-0.3, -0.25) is 4.90 Å². The first kappa shape index (κ1) is 16.0. The van der Waals surface area contributed by atoms with Crippen molar-refractivity contribution in [1.29, 1.82) is 0 Å². The Kier molecular flexibility index (Phi) is 5.80. The maximum absolute atomic E-state index is 6.38. The Hall–Kier alpha value is -1.35. The van der Waals surface area contributed by atoms with E-state index in [1.165, 1.54) is 5.56 Å². The molecule has 0 aliphatic rings. The highest BCUT2D eigenvalue weighted by atomic mass is 35.5. The lowest BCUT2D eigenvalue weighted by Crippen LogP contribution is -2.39. The van der Waals surface area contributed by atoms with Gasteiger partial charge >= 0.3 is 0 Å². The van der Waals surface area contributed by atoms with Crippen LogP contribution in [0.2, 0.25) is 5.02 Å². The quantitative estimate of drug-likeness (QED) is 0.864. The van der Waals surface area contributed by atoms with Gasteiger partial charge < -0.3 is 5.73 Å². The van der Waals surface area contributed by atoms with Gasteiger partial charge in [0.25, 0.3) is 0 Å². The van der Waals surface area contributed by atoms with E-state index < -0.39 is 0 Å². The molecule has 2 aromatic carbocycles. The molecule has 0 saturated heterocycles. The zero-order valence-corrected chi connectivity index (χ0v) is 13.4. The van der Waals surface area contributed by atoms with Gasteiger partial charge in [-0.2, -0.15) is 0 Å². The Morgan fingerprint density at radius 2 is 1.67 bits per heavy atom. The summed E-state index contributed by atoms with van der Waals surface area (Å²) in [4.78, 5) is 2.38. The molecule has 112 valence electrons. The smallest absolute Gasteiger partial charge is 0.0514 e. The zero-order valence-electron chi connectivity index (χ0n) is 12.7. The van der Waals surface area contributed by atoms with E-state index in [0.29, 0.717) is 0 Å². The van der Waals surface area contributed by atoms with Gasteiger partial charge in [0.1, 0.15) is 0 Å². The van der Waals surface area contributed by atoms with E-state index in [9.17, 15) is 0 Å². The van der Waals surface area contributed by atoms with Crippen molar-refractivity contribution in [2.45, 2.75) is 32.5 Å². The van der Waals surface area contributed by atoms with Gasteiger partial charge in [0, 0.05) is 17.6 Å². The second kappa shape index (κ2) is 7.60. The minimum absolute atomic E-state index is 0.00793. The molecule has 0 aromatic heterocycles. The summed E-state index contributed by atoms with van der Waals surface area (Å²) < 4.78 is 0. The summed E-state index contributed by atoms with van der Waals surface area (Å²) >= 11 is 6.38. The van der Waals surface area contributed by atoms with E-state index >= 15 is 0 Å². The number of benzene rings is 2. The van der Waals surface area contributed by atoms with Crippen LogP contribution in [0.1, 0.15) is 31.0 Å². The van der Waals surface area contributed by atoms with E-state index in [-0.39, 0.29) is 12.1 Å². The molecule has 0 saturated carbocycles. The first-order chi connectivity index (χ1) is 10.1. The third kappa shape index (κ3) is 4.07. The fourth-order valence-electron chi connectivity index (χ4n) is 2.75. The number of likely N-dealkylation sites (N-methyl/N-ethyl adjacent to an activating group) is 1. The molecule has 0 aliphatic carbocycles. The molecule has 0 aliphatic heterocycles. The number of nitrogens with two attached hydrogens (primary N) is 1. The van der Waals surface area contributed by atoms with E-state index in [4.69, 9.17) is 17.3 Å². The molecule has 2 aromatic rings. The molecule has 0 fully saturated rings. The first-order valence-corrected chi connectivity index (χ1v) is 7.79. The molecule has 0 radical (unpaired) electrons. The Bertz CT molecular complexity index is 554. The number of rotatable bonds is 6. The number of nitrogens with zero attached hydrogens (tertiary/aromatic N) is 1. The minimum atomic E-state index is 0.00793. The topological polar surface area (TPSA) is 29.3 Å². The van der Waals surface area contributed by atoms with Crippen LogP contribution in [0, 0.1) is 0 Å². The molecule has 0 spiro atoms. The summed E-state index contributed by atoms with van der Waals surface area (Å²) in [6.45, 7) is 6.00. The third-order valence-corrected chi connectivity index (χ3v) is 4.09. The summed E-state index contributed by atoms with van der Waals surface area (Å²) in [6.07, 6.45) is 0. The summed E-state index contributed by atoms with van der Waals surface area (Å²) in [5.74, 6) is 0. The first-order valence-electron chi connectivity index (χ1n) is 7.41. The standard InChI is InChI=1S/C18H23ClN2/c1-3-21(13-15-9-5-4-6-10-15)18(14(2)20)16-11-7-8-12-17(16)19/h4-12,14,18H,3,13,20H2,1-2H3. The molecule has 0 heterocycles. The predicted molar refractivity (Wildman–Crippen MR) is 90.4 cm³/mol. The number of hydrogen-bond acceptors (Lipinski definition) is 2. The molecule has 2 nitrogen and oxygen atoms in total. The summed E-state index contributed by atoms with van der Waals surface area (Å²) in [5.41, 5.74) is 8.66. The average Bonchev–Trinajstić information content (AvgIpc) is 2.49. The second-order valence-corrected chi connectivity index (χ2v) is 5.78. The average molecular weight is 303 g/mol. The van der Waals surface area contributed by atoms with Gasteiger partial charge in [0.05, 0.1) is 6.04 Å². The maximum Gasteiger partial charge on any atom is 0.0514 e.